The number of rotatable bonds is 73. The fourth-order valence-corrected chi connectivity index (χ4v) is 12.8. The van der Waals surface area contributed by atoms with Gasteiger partial charge in [0.25, 0.3) is 0 Å². The van der Waals surface area contributed by atoms with E-state index in [2.05, 4.69) is 34.6 Å². The summed E-state index contributed by atoms with van der Waals surface area (Å²) >= 11 is 0. The van der Waals surface area contributed by atoms with Gasteiger partial charge in [0.1, 0.15) is 19.3 Å². The molecule has 0 aromatic carbocycles. The van der Waals surface area contributed by atoms with Gasteiger partial charge in [-0.15, -0.1) is 0 Å². The number of carbonyl (C=O) groups is 4. The first-order valence-electron chi connectivity index (χ1n) is 38.1. The first-order chi connectivity index (χ1) is 44.5. The summed E-state index contributed by atoms with van der Waals surface area (Å²) in [5, 5.41) is 10.6. The molecule has 0 rings (SSSR count). The number of ether oxygens (including phenoxy) is 4. The van der Waals surface area contributed by atoms with E-state index in [0.29, 0.717) is 25.7 Å². The lowest BCUT2D eigenvalue weighted by atomic mass is 10.0. The topological polar surface area (TPSA) is 237 Å². The number of carbonyl (C=O) groups excluding carboxylic acids is 4. The van der Waals surface area contributed by atoms with E-state index in [0.717, 1.165) is 102 Å². The summed E-state index contributed by atoms with van der Waals surface area (Å²) in [6.45, 7) is 7.28. The maximum Gasteiger partial charge on any atom is 0.472 e. The van der Waals surface area contributed by atoms with Crippen molar-refractivity contribution in [1.29, 1.82) is 0 Å². The van der Waals surface area contributed by atoms with Gasteiger partial charge in [0, 0.05) is 25.7 Å². The first kappa shape index (κ1) is 90.1. The quantitative estimate of drug-likeness (QED) is 0.0222. The van der Waals surface area contributed by atoms with Crippen LogP contribution in [0.4, 0.5) is 0 Å². The molecule has 0 heterocycles. The predicted molar refractivity (Wildman–Crippen MR) is 372 cm³/mol. The van der Waals surface area contributed by atoms with Crippen LogP contribution in [0.3, 0.4) is 0 Å². The van der Waals surface area contributed by atoms with Crippen LogP contribution >= 0.6 is 15.6 Å². The number of esters is 4. The molecule has 0 aromatic rings. The van der Waals surface area contributed by atoms with Crippen molar-refractivity contribution in [1.82, 2.24) is 0 Å². The van der Waals surface area contributed by atoms with Crippen LogP contribution in [0.1, 0.15) is 381 Å². The minimum absolute atomic E-state index is 0.108. The zero-order valence-corrected chi connectivity index (χ0v) is 61.5. The molecule has 19 heteroatoms. The second-order valence-corrected chi connectivity index (χ2v) is 29.7. The van der Waals surface area contributed by atoms with Gasteiger partial charge in [-0.2, -0.15) is 0 Å². The van der Waals surface area contributed by atoms with Crippen LogP contribution in [0.2, 0.25) is 0 Å². The van der Waals surface area contributed by atoms with Gasteiger partial charge < -0.3 is 33.8 Å². The second-order valence-electron chi connectivity index (χ2n) is 26.8. The standard InChI is InChI=1S/C73H142O17P2/c1-6-9-12-15-18-21-23-28-33-37-42-47-52-57-71(76)84-63-69(90-73(78)59-54-49-44-39-35-31-27-25-26-30-32-36-40-45-50-55-66(4)5)65-88-92(81,82)86-61-67(74)60-85-91(79,80)87-64-68(62-83-70(75)56-51-46-41-20-17-14-11-8-3)89-72(77)58-53-48-43-38-34-29-24-22-19-16-13-10-7-2/h66-69,74H,6-65H2,1-5H3,(H,79,80)(H,81,82)/t67-,68+,69+/m0/s1. The Morgan fingerprint density at radius 2 is 0.500 bits per heavy atom. The summed E-state index contributed by atoms with van der Waals surface area (Å²) < 4.78 is 68.4. The molecule has 5 atom stereocenters. The van der Waals surface area contributed by atoms with Crippen molar-refractivity contribution in [2.75, 3.05) is 39.6 Å². The molecule has 0 saturated carbocycles. The minimum atomic E-state index is -4.95. The number of aliphatic hydroxyl groups is 1. The average Bonchev–Trinajstić information content (AvgIpc) is 3.29. The third-order valence-electron chi connectivity index (χ3n) is 17.0. The zero-order chi connectivity index (χ0) is 67.7. The fraction of sp³-hybridized carbons (Fsp3) is 0.945. The molecular weight excluding hydrogens is 1210 g/mol. The number of phosphoric acid groups is 2. The fourth-order valence-electron chi connectivity index (χ4n) is 11.2. The normalized spacial score (nSPS) is 14.0. The van der Waals surface area contributed by atoms with E-state index in [1.165, 1.54) is 199 Å². The number of unbranched alkanes of at least 4 members (excludes halogenated alkanes) is 45. The average molecular weight is 1350 g/mol. The molecule has 0 saturated heterocycles. The highest BCUT2D eigenvalue weighted by atomic mass is 31.2. The molecule has 0 aliphatic heterocycles. The summed E-state index contributed by atoms with van der Waals surface area (Å²) in [4.78, 5) is 72.6. The van der Waals surface area contributed by atoms with E-state index in [4.69, 9.17) is 37.0 Å². The van der Waals surface area contributed by atoms with Gasteiger partial charge in [-0.3, -0.25) is 37.3 Å². The van der Waals surface area contributed by atoms with Gasteiger partial charge in [-0.05, 0) is 31.6 Å². The van der Waals surface area contributed by atoms with Gasteiger partial charge in [0.2, 0.25) is 0 Å². The molecule has 546 valence electrons. The summed E-state index contributed by atoms with van der Waals surface area (Å²) in [6.07, 6.45) is 54.0. The maximum absolute atomic E-state index is 13.1. The van der Waals surface area contributed by atoms with Crippen molar-refractivity contribution in [3.8, 4) is 0 Å². The molecule has 0 aliphatic carbocycles. The van der Waals surface area contributed by atoms with Crippen LogP contribution in [-0.2, 0) is 65.4 Å². The summed E-state index contributed by atoms with van der Waals surface area (Å²) in [7, 11) is -9.90. The highest BCUT2D eigenvalue weighted by molar-refractivity contribution is 7.47. The molecule has 2 unspecified atom stereocenters. The number of hydrogen-bond acceptors (Lipinski definition) is 15. The molecule has 0 aliphatic rings. The Labute approximate surface area is 562 Å². The maximum atomic E-state index is 13.1. The SMILES string of the molecule is CCCCCCCCCCCCCCCC(=O)OC[C@H](COP(=O)(O)OC[C@@H](O)COP(=O)(O)OC[C@@H](COC(=O)CCCCCCCCCC)OC(=O)CCCCCCCCCCCCCCC)OC(=O)CCCCCCCCCCCCCCCCCC(C)C. The zero-order valence-electron chi connectivity index (χ0n) is 59.7. The van der Waals surface area contributed by atoms with Crippen LogP contribution in [-0.4, -0.2) is 96.7 Å². The molecular formula is C73H142O17P2. The molecule has 92 heavy (non-hydrogen) atoms. The molecule has 3 N–H and O–H groups in total. The van der Waals surface area contributed by atoms with Crippen molar-refractivity contribution < 1.29 is 80.2 Å². The van der Waals surface area contributed by atoms with Crippen LogP contribution in [0.25, 0.3) is 0 Å². The Morgan fingerprint density at radius 1 is 0.293 bits per heavy atom. The largest absolute Gasteiger partial charge is 0.472 e. The van der Waals surface area contributed by atoms with Crippen LogP contribution in [0, 0.1) is 5.92 Å². The Hall–Kier alpha value is -1.94. The van der Waals surface area contributed by atoms with E-state index in [9.17, 15) is 43.2 Å². The summed E-state index contributed by atoms with van der Waals surface area (Å²) in [6, 6.07) is 0. The predicted octanol–water partition coefficient (Wildman–Crippen LogP) is 21.3. The lowest BCUT2D eigenvalue weighted by molar-refractivity contribution is -0.161. The Bertz CT molecular complexity index is 1770. The number of hydrogen-bond donors (Lipinski definition) is 3. The van der Waals surface area contributed by atoms with Gasteiger partial charge in [0.05, 0.1) is 26.4 Å². The highest BCUT2D eigenvalue weighted by Crippen LogP contribution is 2.45. The lowest BCUT2D eigenvalue weighted by Crippen LogP contribution is -2.30. The van der Waals surface area contributed by atoms with Crippen molar-refractivity contribution in [3.63, 3.8) is 0 Å². The Balaban J connectivity index is 5.21. The Morgan fingerprint density at radius 3 is 0.739 bits per heavy atom. The van der Waals surface area contributed by atoms with Crippen molar-refractivity contribution in [2.45, 2.75) is 400 Å². The molecule has 0 bridgehead atoms. The first-order valence-corrected chi connectivity index (χ1v) is 41.1. The molecule has 0 spiro atoms. The van der Waals surface area contributed by atoms with Gasteiger partial charge >= 0.3 is 39.5 Å². The van der Waals surface area contributed by atoms with Crippen LogP contribution < -0.4 is 0 Å². The van der Waals surface area contributed by atoms with E-state index in [1.54, 1.807) is 0 Å². The molecule has 0 aromatic heterocycles. The second kappa shape index (κ2) is 66.3. The highest BCUT2D eigenvalue weighted by Gasteiger charge is 2.30. The van der Waals surface area contributed by atoms with Gasteiger partial charge in [-0.25, -0.2) is 9.13 Å². The Kier molecular flexibility index (Phi) is 64.9. The van der Waals surface area contributed by atoms with E-state index < -0.39 is 97.5 Å². The summed E-state index contributed by atoms with van der Waals surface area (Å²) in [5.41, 5.74) is 0. The summed E-state index contributed by atoms with van der Waals surface area (Å²) in [5.74, 6) is -1.32. The van der Waals surface area contributed by atoms with Gasteiger partial charge in [-0.1, -0.05) is 330 Å². The third kappa shape index (κ3) is 66.7. The smallest absolute Gasteiger partial charge is 0.462 e. The van der Waals surface area contributed by atoms with Crippen molar-refractivity contribution in [2.24, 2.45) is 5.92 Å². The lowest BCUT2D eigenvalue weighted by Gasteiger charge is -2.21. The van der Waals surface area contributed by atoms with Crippen LogP contribution in [0.15, 0.2) is 0 Å². The monoisotopic (exact) mass is 1350 g/mol. The van der Waals surface area contributed by atoms with Crippen LogP contribution in [0.5, 0.6) is 0 Å². The molecule has 17 nitrogen and oxygen atoms in total. The van der Waals surface area contributed by atoms with E-state index in [-0.39, 0.29) is 25.7 Å². The van der Waals surface area contributed by atoms with E-state index in [1.807, 2.05) is 0 Å². The molecule has 0 amide bonds. The van der Waals surface area contributed by atoms with Crippen molar-refractivity contribution >= 4 is 39.5 Å². The van der Waals surface area contributed by atoms with Crippen molar-refractivity contribution in [3.05, 3.63) is 0 Å². The molecule has 0 radical (unpaired) electrons. The van der Waals surface area contributed by atoms with Gasteiger partial charge in [0.15, 0.2) is 12.2 Å². The number of aliphatic hydroxyl groups excluding tert-OH is 1. The minimum Gasteiger partial charge on any atom is -0.462 e. The molecule has 0 fully saturated rings. The third-order valence-corrected chi connectivity index (χ3v) is 18.9. The number of phosphoric ester groups is 2. The van der Waals surface area contributed by atoms with E-state index >= 15 is 0 Å².